The standard InChI is InChI=1S/C13H18N2O2S/c1-17-12-8-14-7-11(12)15-13(16)9-18-10-5-3-2-4-6-10/h2-6,11-12,14H,7-9H2,1H3,(H,15,16)/t11?,12-/m1/s1. The number of thioether (sulfide) groups is 1. The summed E-state index contributed by atoms with van der Waals surface area (Å²) in [5.74, 6) is 0.497. The summed E-state index contributed by atoms with van der Waals surface area (Å²) in [5, 5.41) is 6.21. The quantitative estimate of drug-likeness (QED) is 0.777. The van der Waals surface area contributed by atoms with E-state index in [1.54, 1.807) is 18.9 Å². The lowest BCUT2D eigenvalue weighted by molar-refractivity contribution is -0.119. The molecule has 1 aromatic carbocycles. The van der Waals surface area contributed by atoms with Gasteiger partial charge in [-0.15, -0.1) is 11.8 Å². The summed E-state index contributed by atoms with van der Waals surface area (Å²) in [5.41, 5.74) is 0. The Morgan fingerprint density at radius 2 is 2.22 bits per heavy atom. The first-order chi connectivity index (χ1) is 8.79. The molecule has 0 saturated carbocycles. The number of hydrogen-bond donors (Lipinski definition) is 2. The Morgan fingerprint density at radius 1 is 1.44 bits per heavy atom. The van der Waals surface area contributed by atoms with Crippen molar-refractivity contribution in [1.29, 1.82) is 0 Å². The molecule has 2 rings (SSSR count). The number of methoxy groups -OCH3 is 1. The molecular formula is C13H18N2O2S. The number of amides is 1. The van der Waals surface area contributed by atoms with Crippen molar-refractivity contribution in [2.45, 2.75) is 17.0 Å². The number of benzene rings is 1. The first kappa shape index (κ1) is 13.4. The van der Waals surface area contributed by atoms with Crippen LogP contribution in [-0.4, -0.2) is 44.0 Å². The highest BCUT2D eigenvalue weighted by atomic mass is 32.2. The van der Waals surface area contributed by atoms with E-state index in [1.165, 1.54) is 0 Å². The fourth-order valence-corrected chi connectivity index (χ4v) is 2.69. The average Bonchev–Trinajstić information content (AvgIpc) is 2.85. The van der Waals surface area contributed by atoms with Crippen molar-refractivity contribution in [3.8, 4) is 0 Å². The van der Waals surface area contributed by atoms with Gasteiger partial charge < -0.3 is 15.4 Å². The van der Waals surface area contributed by atoms with Gasteiger partial charge in [-0.2, -0.15) is 0 Å². The van der Waals surface area contributed by atoms with Crippen molar-refractivity contribution in [1.82, 2.24) is 10.6 Å². The van der Waals surface area contributed by atoms with Gasteiger partial charge in [0.05, 0.1) is 17.9 Å². The van der Waals surface area contributed by atoms with E-state index in [4.69, 9.17) is 4.74 Å². The second kappa shape index (κ2) is 6.78. The van der Waals surface area contributed by atoms with Crippen LogP contribution in [0.15, 0.2) is 35.2 Å². The van der Waals surface area contributed by atoms with Gasteiger partial charge in [0.1, 0.15) is 0 Å². The molecule has 0 bridgehead atoms. The van der Waals surface area contributed by atoms with E-state index >= 15 is 0 Å². The third-order valence-electron chi connectivity index (χ3n) is 2.92. The highest BCUT2D eigenvalue weighted by molar-refractivity contribution is 8.00. The molecule has 1 unspecified atom stereocenters. The topological polar surface area (TPSA) is 50.4 Å². The summed E-state index contributed by atoms with van der Waals surface area (Å²) in [6.07, 6.45) is 0.0793. The highest BCUT2D eigenvalue weighted by Crippen LogP contribution is 2.16. The van der Waals surface area contributed by atoms with E-state index in [-0.39, 0.29) is 18.1 Å². The smallest absolute Gasteiger partial charge is 0.230 e. The molecule has 1 fully saturated rings. The van der Waals surface area contributed by atoms with Crippen LogP contribution in [0.4, 0.5) is 0 Å². The molecule has 0 radical (unpaired) electrons. The Morgan fingerprint density at radius 3 is 2.94 bits per heavy atom. The third-order valence-corrected chi connectivity index (χ3v) is 3.93. The first-order valence-electron chi connectivity index (χ1n) is 6.00. The van der Waals surface area contributed by atoms with Crippen LogP contribution in [0.2, 0.25) is 0 Å². The molecule has 1 aliphatic heterocycles. The Labute approximate surface area is 111 Å². The molecule has 2 atom stereocenters. The second-order valence-corrected chi connectivity index (χ2v) is 5.26. The zero-order valence-electron chi connectivity index (χ0n) is 10.4. The van der Waals surface area contributed by atoms with Gasteiger partial charge in [0.25, 0.3) is 0 Å². The van der Waals surface area contributed by atoms with E-state index < -0.39 is 0 Å². The third kappa shape index (κ3) is 3.73. The van der Waals surface area contributed by atoms with Gasteiger partial charge in [0.2, 0.25) is 5.91 Å². The zero-order chi connectivity index (χ0) is 12.8. The van der Waals surface area contributed by atoms with Crippen molar-refractivity contribution in [2.24, 2.45) is 0 Å². The predicted octanol–water partition coefficient (Wildman–Crippen LogP) is 0.882. The van der Waals surface area contributed by atoms with Crippen LogP contribution >= 0.6 is 11.8 Å². The average molecular weight is 266 g/mol. The number of carbonyl (C=O) groups excluding carboxylic acids is 1. The summed E-state index contributed by atoms with van der Waals surface area (Å²) in [6, 6.07) is 10.0. The van der Waals surface area contributed by atoms with Crippen molar-refractivity contribution in [3.63, 3.8) is 0 Å². The zero-order valence-corrected chi connectivity index (χ0v) is 11.2. The van der Waals surface area contributed by atoms with Crippen LogP contribution in [0.3, 0.4) is 0 Å². The van der Waals surface area contributed by atoms with Gasteiger partial charge in [-0.25, -0.2) is 0 Å². The van der Waals surface area contributed by atoms with Crippen LogP contribution in [-0.2, 0) is 9.53 Å². The molecular weight excluding hydrogens is 248 g/mol. The molecule has 18 heavy (non-hydrogen) atoms. The first-order valence-corrected chi connectivity index (χ1v) is 6.99. The van der Waals surface area contributed by atoms with Crippen molar-refractivity contribution in [3.05, 3.63) is 30.3 Å². The van der Waals surface area contributed by atoms with Crippen molar-refractivity contribution >= 4 is 17.7 Å². The van der Waals surface area contributed by atoms with Crippen LogP contribution in [0, 0.1) is 0 Å². The van der Waals surface area contributed by atoms with Gasteiger partial charge in [0, 0.05) is 25.1 Å². The van der Waals surface area contributed by atoms with Crippen LogP contribution in [0.25, 0.3) is 0 Å². The second-order valence-electron chi connectivity index (χ2n) is 4.21. The van der Waals surface area contributed by atoms with Crippen LogP contribution in [0.1, 0.15) is 0 Å². The van der Waals surface area contributed by atoms with E-state index in [1.807, 2.05) is 30.3 Å². The number of hydrogen-bond acceptors (Lipinski definition) is 4. The maximum atomic E-state index is 11.8. The van der Waals surface area contributed by atoms with E-state index in [9.17, 15) is 4.79 Å². The van der Waals surface area contributed by atoms with Gasteiger partial charge >= 0.3 is 0 Å². The summed E-state index contributed by atoms with van der Waals surface area (Å²) in [4.78, 5) is 12.9. The molecule has 98 valence electrons. The van der Waals surface area contributed by atoms with E-state index in [2.05, 4.69) is 10.6 Å². The summed E-state index contributed by atoms with van der Waals surface area (Å²) >= 11 is 1.55. The van der Waals surface area contributed by atoms with E-state index in [0.717, 1.165) is 18.0 Å². The van der Waals surface area contributed by atoms with Gasteiger partial charge in [-0.3, -0.25) is 4.79 Å². The fraction of sp³-hybridized carbons (Fsp3) is 0.462. The molecule has 0 aliphatic carbocycles. The molecule has 0 spiro atoms. The molecule has 1 aliphatic rings. The maximum Gasteiger partial charge on any atom is 0.230 e. The maximum absolute atomic E-state index is 11.8. The molecule has 4 nitrogen and oxygen atoms in total. The fourth-order valence-electron chi connectivity index (χ4n) is 1.96. The Kier molecular flexibility index (Phi) is 5.04. The van der Waals surface area contributed by atoms with Crippen LogP contribution in [0.5, 0.6) is 0 Å². The number of carbonyl (C=O) groups is 1. The van der Waals surface area contributed by atoms with E-state index in [0.29, 0.717) is 5.75 Å². The summed E-state index contributed by atoms with van der Waals surface area (Å²) < 4.78 is 5.30. The summed E-state index contributed by atoms with van der Waals surface area (Å²) in [6.45, 7) is 1.58. The highest BCUT2D eigenvalue weighted by Gasteiger charge is 2.27. The van der Waals surface area contributed by atoms with Crippen LogP contribution < -0.4 is 10.6 Å². The van der Waals surface area contributed by atoms with Crippen molar-refractivity contribution < 1.29 is 9.53 Å². The minimum Gasteiger partial charge on any atom is -0.378 e. The monoisotopic (exact) mass is 266 g/mol. The van der Waals surface area contributed by atoms with Gasteiger partial charge in [0.15, 0.2) is 0 Å². The number of ether oxygens (including phenoxy) is 1. The number of nitrogens with one attached hydrogen (secondary N) is 2. The lowest BCUT2D eigenvalue weighted by Gasteiger charge is -2.18. The molecule has 5 heteroatoms. The lowest BCUT2D eigenvalue weighted by atomic mass is 10.2. The lowest BCUT2D eigenvalue weighted by Crippen LogP contribution is -2.44. The molecule has 2 N–H and O–H groups in total. The largest absolute Gasteiger partial charge is 0.378 e. The molecule has 1 saturated heterocycles. The molecule has 1 aromatic rings. The molecule has 1 heterocycles. The number of rotatable bonds is 5. The SMILES string of the molecule is CO[C@@H]1CNCC1NC(=O)CSc1ccccc1. The minimum absolute atomic E-state index is 0.0552. The molecule has 0 aromatic heterocycles. The molecule has 1 amide bonds. The normalized spacial score (nSPS) is 22.9. The van der Waals surface area contributed by atoms with Gasteiger partial charge in [-0.05, 0) is 12.1 Å². The Balaban J connectivity index is 1.75. The summed E-state index contributed by atoms with van der Waals surface area (Å²) in [7, 11) is 1.68. The Bertz CT molecular complexity index is 386. The van der Waals surface area contributed by atoms with Crippen molar-refractivity contribution in [2.75, 3.05) is 26.0 Å². The predicted molar refractivity (Wildman–Crippen MR) is 72.8 cm³/mol. The van der Waals surface area contributed by atoms with Gasteiger partial charge in [-0.1, -0.05) is 18.2 Å². The minimum atomic E-state index is 0.0552. The Hall–Kier alpha value is -1.04.